The Labute approximate surface area is 203 Å². The number of nitrogens with one attached hydrogen (secondary N) is 3. The molecule has 1 aromatic heterocycles. The maximum Gasteiger partial charge on any atom is 0.248 e. The predicted octanol–water partition coefficient (Wildman–Crippen LogP) is 4.46. The summed E-state index contributed by atoms with van der Waals surface area (Å²) >= 11 is 5.97. The number of likely N-dealkylation sites (N-methyl/N-ethyl adjacent to an activating group) is 1. The fourth-order valence-electron chi connectivity index (χ4n) is 3.49. The average Bonchev–Trinajstić information content (AvgIpc) is 3.65. The van der Waals surface area contributed by atoms with E-state index in [1.54, 1.807) is 42.5 Å². The summed E-state index contributed by atoms with van der Waals surface area (Å²) in [6.07, 6.45) is 7.22. The van der Waals surface area contributed by atoms with Crippen LogP contribution in [-0.2, 0) is 4.79 Å². The topological polar surface area (TPSA) is 120 Å². The van der Waals surface area contributed by atoms with E-state index < -0.39 is 0 Å². The second-order valence-corrected chi connectivity index (χ2v) is 8.57. The Morgan fingerprint density at radius 3 is 2.68 bits per heavy atom. The number of halogens is 1. The van der Waals surface area contributed by atoms with E-state index in [1.165, 1.54) is 19.2 Å². The summed E-state index contributed by atoms with van der Waals surface area (Å²) in [5, 5.41) is 15.3. The highest BCUT2D eigenvalue weighted by molar-refractivity contribution is 6.30. The zero-order valence-electron chi connectivity index (χ0n) is 18.8. The Bertz CT molecular complexity index is 1220. The first-order valence-electron chi connectivity index (χ1n) is 10.9. The average molecular weight is 476 g/mol. The van der Waals surface area contributed by atoms with Gasteiger partial charge in [-0.25, -0.2) is 9.97 Å². The van der Waals surface area contributed by atoms with Crippen LogP contribution in [0.1, 0.15) is 24.0 Å². The normalized spacial score (nSPS) is 13.3. The minimum Gasteiger partial charge on any atom is -0.383 e. The van der Waals surface area contributed by atoms with Gasteiger partial charge in [0.05, 0.1) is 11.3 Å². The number of aromatic nitrogens is 2. The first-order valence-corrected chi connectivity index (χ1v) is 11.3. The van der Waals surface area contributed by atoms with Gasteiger partial charge >= 0.3 is 0 Å². The second kappa shape index (κ2) is 10.5. The van der Waals surface area contributed by atoms with Crippen molar-refractivity contribution in [3.63, 3.8) is 0 Å². The van der Waals surface area contributed by atoms with Gasteiger partial charge in [0.25, 0.3) is 0 Å². The molecule has 0 saturated heterocycles. The van der Waals surface area contributed by atoms with Crippen LogP contribution in [0.3, 0.4) is 0 Å². The first-order chi connectivity index (χ1) is 16.4. The summed E-state index contributed by atoms with van der Waals surface area (Å²) in [6, 6.07) is 14.8. The van der Waals surface area contributed by atoms with E-state index in [0.717, 1.165) is 6.54 Å². The molecule has 1 amide bonds. The number of rotatable bonds is 9. The smallest absolute Gasteiger partial charge is 0.248 e. The standard InChI is InChI=1S/C25H26ClN7O/c1-33(20-11-12-20)13-3-6-21(34)31-18-4-2-5-19(14-18)32-25-22(24(28)29-15-30-25)23(27)16-7-9-17(26)10-8-16/h2-10,14-15,20,27H,11-13H2,1H3,(H,31,34)(H3,28,29,30,32)/b6-3+,27-23?. The molecule has 8 nitrogen and oxygen atoms in total. The first kappa shape index (κ1) is 23.4. The van der Waals surface area contributed by atoms with Gasteiger partial charge in [-0.15, -0.1) is 0 Å². The minimum atomic E-state index is -0.196. The molecule has 174 valence electrons. The molecule has 1 heterocycles. The summed E-state index contributed by atoms with van der Waals surface area (Å²) in [7, 11) is 2.07. The van der Waals surface area contributed by atoms with Crippen molar-refractivity contribution in [3.8, 4) is 0 Å². The summed E-state index contributed by atoms with van der Waals surface area (Å²) < 4.78 is 0. The SMILES string of the molecule is CN(C/C=C/C(=O)Nc1cccc(Nc2ncnc(N)c2C(=N)c2ccc(Cl)cc2)c1)C1CC1. The van der Waals surface area contributed by atoms with Gasteiger partial charge in [-0.3, -0.25) is 15.1 Å². The minimum absolute atomic E-state index is 0.169. The lowest BCUT2D eigenvalue weighted by Crippen LogP contribution is -2.20. The Kier molecular flexibility index (Phi) is 7.20. The molecule has 34 heavy (non-hydrogen) atoms. The van der Waals surface area contributed by atoms with Crippen molar-refractivity contribution in [2.45, 2.75) is 18.9 Å². The van der Waals surface area contributed by atoms with E-state index >= 15 is 0 Å². The molecule has 3 aromatic rings. The molecule has 1 aliphatic rings. The van der Waals surface area contributed by atoms with Crippen molar-refractivity contribution in [1.29, 1.82) is 5.41 Å². The van der Waals surface area contributed by atoms with Crippen molar-refractivity contribution in [2.75, 3.05) is 30.0 Å². The number of hydrogen-bond acceptors (Lipinski definition) is 7. The number of carbonyl (C=O) groups is 1. The Hall–Kier alpha value is -3.75. The largest absolute Gasteiger partial charge is 0.383 e. The molecule has 0 aliphatic heterocycles. The number of nitrogens with two attached hydrogens (primary N) is 1. The van der Waals surface area contributed by atoms with E-state index in [2.05, 4.69) is 32.5 Å². The molecule has 2 aromatic carbocycles. The summed E-state index contributed by atoms with van der Waals surface area (Å²) in [4.78, 5) is 22.9. The molecule has 0 radical (unpaired) electrons. The third-order valence-electron chi connectivity index (χ3n) is 5.49. The van der Waals surface area contributed by atoms with E-state index in [4.69, 9.17) is 22.7 Å². The molecule has 0 atom stereocenters. The quantitative estimate of drug-likeness (QED) is 0.268. The monoisotopic (exact) mass is 475 g/mol. The second-order valence-electron chi connectivity index (χ2n) is 8.13. The van der Waals surface area contributed by atoms with Crippen LogP contribution in [0.15, 0.2) is 67.0 Å². The third-order valence-corrected chi connectivity index (χ3v) is 5.74. The van der Waals surface area contributed by atoms with Crippen LogP contribution in [0.4, 0.5) is 23.0 Å². The van der Waals surface area contributed by atoms with Crippen molar-refractivity contribution in [3.05, 3.63) is 83.2 Å². The van der Waals surface area contributed by atoms with E-state index in [-0.39, 0.29) is 17.4 Å². The molecular formula is C25H26ClN7O. The van der Waals surface area contributed by atoms with Gasteiger partial charge in [-0.05, 0) is 50.2 Å². The summed E-state index contributed by atoms with van der Waals surface area (Å²) in [5.74, 6) is 0.375. The van der Waals surface area contributed by atoms with Crippen molar-refractivity contribution >= 4 is 46.2 Å². The fraction of sp³-hybridized carbons (Fsp3) is 0.200. The van der Waals surface area contributed by atoms with Gasteiger partial charge in [0.15, 0.2) is 0 Å². The number of carbonyl (C=O) groups excluding carboxylic acids is 1. The van der Waals surface area contributed by atoms with Crippen molar-refractivity contribution < 1.29 is 4.79 Å². The van der Waals surface area contributed by atoms with Crippen LogP contribution >= 0.6 is 11.6 Å². The lowest BCUT2D eigenvalue weighted by molar-refractivity contribution is -0.111. The fourth-order valence-corrected chi connectivity index (χ4v) is 3.61. The number of amides is 1. The highest BCUT2D eigenvalue weighted by atomic mass is 35.5. The molecule has 9 heteroatoms. The number of benzene rings is 2. The van der Waals surface area contributed by atoms with Gasteiger partial charge in [-0.2, -0.15) is 0 Å². The molecular weight excluding hydrogens is 450 g/mol. The molecule has 4 rings (SSSR count). The zero-order valence-corrected chi connectivity index (χ0v) is 19.5. The van der Waals surface area contributed by atoms with Gasteiger partial charge < -0.3 is 16.4 Å². The lowest BCUT2D eigenvalue weighted by atomic mass is 10.0. The number of anilines is 4. The summed E-state index contributed by atoms with van der Waals surface area (Å²) in [6.45, 7) is 0.747. The maximum absolute atomic E-state index is 12.3. The number of nitrogen functional groups attached to an aromatic ring is 1. The van der Waals surface area contributed by atoms with Crippen LogP contribution < -0.4 is 16.4 Å². The van der Waals surface area contributed by atoms with Crippen molar-refractivity contribution in [1.82, 2.24) is 14.9 Å². The van der Waals surface area contributed by atoms with E-state index in [9.17, 15) is 4.79 Å². The van der Waals surface area contributed by atoms with Gasteiger partial charge in [0, 0.05) is 40.6 Å². The van der Waals surface area contributed by atoms with Gasteiger partial charge in [-0.1, -0.05) is 35.9 Å². The highest BCUT2D eigenvalue weighted by Gasteiger charge is 2.24. The number of nitrogens with zero attached hydrogens (tertiary/aromatic N) is 3. The Balaban J connectivity index is 1.47. The number of hydrogen-bond donors (Lipinski definition) is 4. The lowest BCUT2D eigenvalue weighted by Gasteiger charge is -2.14. The van der Waals surface area contributed by atoms with Gasteiger partial charge in [0.1, 0.15) is 18.0 Å². The summed E-state index contributed by atoms with van der Waals surface area (Å²) in [5.41, 5.74) is 8.59. The predicted molar refractivity (Wildman–Crippen MR) is 137 cm³/mol. The molecule has 1 fully saturated rings. The van der Waals surface area contributed by atoms with E-state index in [1.807, 2.05) is 18.2 Å². The van der Waals surface area contributed by atoms with Crippen LogP contribution in [0.25, 0.3) is 0 Å². The molecule has 1 aliphatic carbocycles. The highest BCUT2D eigenvalue weighted by Crippen LogP contribution is 2.27. The Morgan fingerprint density at radius 1 is 1.21 bits per heavy atom. The van der Waals surface area contributed by atoms with Crippen LogP contribution in [0.2, 0.25) is 5.02 Å². The zero-order chi connectivity index (χ0) is 24.1. The van der Waals surface area contributed by atoms with Crippen molar-refractivity contribution in [2.24, 2.45) is 0 Å². The van der Waals surface area contributed by atoms with Crippen LogP contribution in [-0.4, -0.2) is 46.1 Å². The Morgan fingerprint density at radius 2 is 1.94 bits per heavy atom. The molecule has 5 N–H and O–H groups in total. The molecule has 0 spiro atoms. The molecule has 1 saturated carbocycles. The molecule has 0 unspecified atom stereocenters. The van der Waals surface area contributed by atoms with Gasteiger partial charge in [0.2, 0.25) is 5.91 Å². The maximum atomic E-state index is 12.3. The third kappa shape index (κ3) is 5.98. The van der Waals surface area contributed by atoms with Crippen LogP contribution in [0, 0.1) is 5.41 Å². The van der Waals surface area contributed by atoms with E-state index in [0.29, 0.717) is 39.4 Å². The molecule has 0 bridgehead atoms. The van der Waals surface area contributed by atoms with Crippen LogP contribution in [0.5, 0.6) is 0 Å².